The molecule has 11 heavy (non-hydrogen) atoms. The van der Waals surface area contributed by atoms with Crippen molar-refractivity contribution in [2.24, 2.45) is 0 Å². The van der Waals surface area contributed by atoms with Gasteiger partial charge in [-0.05, 0) is 25.5 Å². The molecular weight excluding hydrogens is 160 g/mol. The molecule has 1 rings (SSSR count). The minimum Gasteiger partial charge on any atom is -0.253 e. The molecule has 2 nitrogen and oxygen atoms in total. The quantitative estimate of drug-likeness (QED) is 0.428. The van der Waals surface area contributed by atoms with Crippen molar-refractivity contribution in [1.82, 2.24) is 4.98 Å². The largest absolute Gasteiger partial charge is 0.253 e. The van der Waals surface area contributed by atoms with E-state index < -0.39 is 0 Å². The molecule has 1 aromatic heterocycles. The smallest absolute Gasteiger partial charge is 0.226 e. The van der Waals surface area contributed by atoms with Crippen LogP contribution in [0.4, 0.5) is 5.69 Å². The standard InChI is InChI=1S/C8H7ClN2/c1-5-4-6(2)11-8(9)7(5)10-3/h4H,1-2H3. The van der Waals surface area contributed by atoms with E-state index in [1.807, 2.05) is 19.9 Å². The van der Waals surface area contributed by atoms with E-state index in [-0.39, 0.29) is 0 Å². The monoisotopic (exact) mass is 166 g/mol. The van der Waals surface area contributed by atoms with E-state index in [9.17, 15) is 0 Å². The maximum Gasteiger partial charge on any atom is 0.226 e. The van der Waals surface area contributed by atoms with Gasteiger partial charge < -0.3 is 0 Å². The third-order valence-corrected chi connectivity index (χ3v) is 1.64. The van der Waals surface area contributed by atoms with Crippen LogP contribution in [0.1, 0.15) is 11.3 Å². The molecule has 1 aromatic rings. The Labute approximate surface area is 70.7 Å². The van der Waals surface area contributed by atoms with Crippen LogP contribution in [0.2, 0.25) is 5.15 Å². The fraction of sp³-hybridized carbons (Fsp3) is 0.250. The van der Waals surface area contributed by atoms with Gasteiger partial charge in [-0.2, -0.15) is 0 Å². The highest BCUT2D eigenvalue weighted by Crippen LogP contribution is 2.26. The molecule has 56 valence electrons. The minimum atomic E-state index is 0.303. The van der Waals surface area contributed by atoms with Gasteiger partial charge in [0.15, 0.2) is 0 Å². The fourth-order valence-corrected chi connectivity index (χ4v) is 1.24. The van der Waals surface area contributed by atoms with E-state index in [0.717, 1.165) is 11.3 Å². The molecule has 0 radical (unpaired) electrons. The summed E-state index contributed by atoms with van der Waals surface area (Å²) in [5.74, 6) is 0. The second-order valence-corrected chi connectivity index (χ2v) is 2.69. The van der Waals surface area contributed by atoms with Gasteiger partial charge >= 0.3 is 0 Å². The predicted molar refractivity (Wildman–Crippen MR) is 45.0 cm³/mol. The van der Waals surface area contributed by atoms with E-state index in [0.29, 0.717) is 10.8 Å². The lowest BCUT2D eigenvalue weighted by Gasteiger charge is -1.99. The Bertz CT molecular complexity index is 302. The summed E-state index contributed by atoms with van der Waals surface area (Å²) in [6.45, 7) is 10.5. The minimum absolute atomic E-state index is 0.303. The number of hydrogen-bond acceptors (Lipinski definition) is 1. The van der Waals surface area contributed by atoms with Crippen LogP contribution in [-0.4, -0.2) is 4.98 Å². The van der Waals surface area contributed by atoms with Crippen LogP contribution in [0.3, 0.4) is 0 Å². The van der Waals surface area contributed by atoms with Gasteiger partial charge in [0.05, 0.1) is 6.57 Å². The molecule has 0 fully saturated rings. The van der Waals surface area contributed by atoms with Gasteiger partial charge in [-0.1, -0.05) is 11.6 Å². The molecule has 0 aliphatic heterocycles. The van der Waals surface area contributed by atoms with E-state index in [2.05, 4.69) is 9.83 Å². The fourth-order valence-electron chi connectivity index (χ4n) is 0.919. The van der Waals surface area contributed by atoms with Crippen LogP contribution in [0.25, 0.3) is 4.85 Å². The summed E-state index contributed by atoms with van der Waals surface area (Å²) in [5, 5.41) is 0.303. The molecule has 0 bridgehead atoms. The zero-order chi connectivity index (χ0) is 8.43. The zero-order valence-electron chi connectivity index (χ0n) is 6.35. The van der Waals surface area contributed by atoms with Crippen LogP contribution >= 0.6 is 11.6 Å². The molecular formula is C8H7ClN2. The van der Waals surface area contributed by atoms with Crippen molar-refractivity contribution in [2.75, 3.05) is 0 Å². The Morgan fingerprint density at radius 1 is 1.55 bits per heavy atom. The van der Waals surface area contributed by atoms with Gasteiger partial charge in [-0.3, -0.25) is 4.98 Å². The van der Waals surface area contributed by atoms with Crippen molar-refractivity contribution in [3.05, 3.63) is 33.9 Å². The highest BCUT2D eigenvalue weighted by Gasteiger charge is 2.04. The summed E-state index contributed by atoms with van der Waals surface area (Å²) < 4.78 is 0. The maximum absolute atomic E-state index is 6.80. The first-order valence-corrected chi connectivity index (χ1v) is 3.54. The highest BCUT2D eigenvalue weighted by atomic mass is 35.5. The highest BCUT2D eigenvalue weighted by molar-refractivity contribution is 6.32. The normalized spacial score (nSPS) is 9.27. The first kappa shape index (κ1) is 8.03. The summed E-state index contributed by atoms with van der Waals surface area (Å²) >= 11 is 5.71. The van der Waals surface area contributed by atoms with Gasteiger partial charge in [-0.25, -0.2) is 4.85 Å². The molecule has 0 N–H and O–H groups in total. The molecule has 3 heteroatoms. The Hall–Kier alpha value is -1.07. The van der Waals surface area contributed by atoms with E-state index in [1.165, 1.54) is 0 Å². The molecule has 0 aromatic carbocycles. The number of pyridine rings is 1. The van der Waals surface area contributed by atoms with Crippen LogP contribution in [0, 0.1) is 20.4 Å². The van der Waals surface area contributed by atoms with Gasteiger partial charge in [0, 0.05) is 5.69 Å². The summed E-state index contributed by atoms with van der Waals surface area (Å²) in [7, 11) is 0. The Morgan fingerprint density at radius 2 is 2.18 bits per heavy atom. The second kappa shape index (κ2) is 2.89. The van der Waals surface area contributed by atoms with Gasteiger partial charge in [0.25, 0.3) is 0 Å². The lowest BCUT2D eigenvalue weighted by Crippen LogP contribution is -1.84. The average Bonchev–Trinajstić information content (AvgIpc) is 1.85. The summed E-state index contributed by atoms with van der Waals surface area (Å²) in [6.07, 6.45) is 0. The van der Waals surface area contributed by atoms with Crippen LogP contribution in [-0.2, 0) is 0 Å². The summed E-state index contributed by atoms with van der Waals surface area (Å²) in [6, 6.07) is 1.85. The first-order chi connectivity index (χ1) is 5.15. The van der Waals surface area contributed by atoms with Crippen molar-refractivity contribution >= 4 is 17.3 Å². The molecule has 0 amide bonds. The predicted octanol–water partition coefficient (Wildman–Crippen LogP) is 2.90. The molecule has 0 saturated heterocycles. The summed E-state index contributed by atoms with van der Waals surface area (Å²) in [5.41, 5.74) is 2.19. The number of hydrogen-bond donors (Lipinski definition) is 0. The third kappa shape index (κ3) is 1.50. The molecule has 0 spiro atoms. The Morgan fingerprint density at radius 3 is 2.64 bits per heavy atom. The van der Waals surface area contributed by atoms with Gasteiger partial charge in [0.2, 0.25) is 5.69 Å². The van der Waals surface area contributed by atoms with Crippen LogP contribution < -0.4 is 0 Å². The number of halogens is 1. The van der Waals surface area contributed by atoms with Crippen molar-refractivity contribution < 1.29 is 0 Å². The molecule has 1 heterocycles. The average molecular weight is 167 g/mol. The molecule has 0 aliphatic rings. The number of aryl methyl sites for hydroxylation is 2. The third-order valence-electron chi connectivity index (χ3n) is 1.38. The van der Waals surface area contributed by atoms with Crippen molar-refractivity contribution in [2.45, 2.75) is 13.8 Å². The zero-order valence-corrected chi connectivity index (χ0v) is 7.11. The van der Waals surface area contributed by atoms with E-state index in [1.54, 1.807) is 0 Å². The Kier molecular flexibility index (Phi) is 2.11. The number of aromatic nitrogens is 1. The van der Waals surface area contributed by atoms with Crippen molar-refractivity contribution in [1.29, 1.82) is 0 Å². The molecule has 0 atom stereocenters. The van der Waals surface area contributed by atoms with E-state index >= 15 is 0 Å². The van der Waals surface area contributed by atoms with Gasteiger partial charge in [0.1, 0.15) is 5.15 Å². The van der Waals surface area contributed by atoms with Crippen molar-refractivity contribution in [3.8, 4) is 0 Å². The van der Waals surface area contributed by atoms with Crippen LogP contribution in [0.5, 0.6) is 0 Å². The second-order valence-electron chi connectivity index (χ2n) is 2.33. The molecule has 0 unspecified atom stereocenters. The van der Waals surface area contributed by atoms with Crippen molar-refractivity contribution in [3.63, 3.8) is 0 Å². The van der Waals surface area contributed by atoms with Crippen LogP contribution in [0.15, 0.2) is 6.07 Å². The SMILES string of the molecule is [C-]#[N+]c1c(C)cc(C)nc1Cl. The van der Waals surface area contributed by atoms with Gasteiger partial charge in [-0.15, -0.1) is 0 Å². The number of rotatable bonds is 0. The lowest BCUT2D eigenvalue weighted by atomic mass is 10.2. The first-order valence-electron chi connectivity index (χ1n) is 3.16. The summed E-state index contributed by atoms with van der Waals surface area (Å²) in [4.78, 5) is 7.22. The van der Waals surface area contributed by atoms with E-state index in [4.69, 9.17) is 18.2 Å². The maximum atomic E-state index is 6.80. The molecule has 0 saturated carbocycles. The Balaban J connectivity index is 3.40. The molecule has 0 aliphatic carbocycles. The topological polar surface area (TPSA) is 17.2 Å². The lowest BCUT2D eigenvalue weighted by molar-refractivity contribution is 1.19. The number of nitrogens with zero attached hydrogens (tertiary/aromatic N) is 2.